The summed E-state index contributed by atoms with van der Waals surface area (Å²) in [6.07, 6.45) is 0.693. The lowest BCUT2D eigenvalue weighted by atomic mass is 10.1. The van der Waals surface area contributed by atoms with Gasteiger partial charge in [-0.3, -0.25) is 14.5 Å². The van der Waals surface area contributed by atoms with E-state index in [9.17, 15) is 14.0 Å². The van der Waals surface area contributed by atoms with E-state index in [1.807, 2.05) is 30.3 Å². The third-order valence-electron chi connectivity index (χ3n) is 5.03. The molecule has 1 aliphatic rings. The van der Waals surface area contributed by atoms with Crippen LogP contribution >= 0.6 is 0 Å². The molecule has 0 bridgehead atoms. The van der Waals surface area contributed by atoms with Crippen molar-refractivity contribution in [2.45, 2.75) is 6.42 Å². The van der Waals surface area contributed by atoms with Gasteiger partial charge in [-0.05, 0) is 36.2 Å². The number of nitrogens with one attached hydrogen (secondary N) is 2. The number of rotatable bonds is 7. The predicted molar refractivity (Wildman–Crippen MR) is 111 cm³/mol. The van der Waals surface area contributed by atoms with Gasteiger partial charge >= 0.3 is 11.8 Å². The Hall–Kier alpha value is -2.93. The third-order valence-corrected chi connectivity index (χ3v) is 5.03. The second kappa shape index (κ2) is 10.6. The minimum absolute atomic E-state index is 0.229. The van der Waals surface area contributed by atoms with Gasteiger partial charge in [0.1, 0.15) is 5.82 Å². The molecule has 2 aromatic rings. The molecule has 1 fully saturated rings. The summed E-state index contributed by atoms with van der Waals surface area (Å²) < 4.78 is 13.0. The number of piperazine rings is 1. The number of carbonyl (C=O) groups is 2. The minimum Gasteiger partial charge on any atom is -0.369 e. The summed E-state index contributed by atoms with van der Waals surface area (Å²) >= 11 is 0. The number of nitrogens with zero attached hydrogens (tertiary/aromatic N) is 2. The lowest BCUT2D eigenvalue weighted by Gasteiger charge is -2.36. The number of anilines is 1. The Balaban J connectivity index is 1.29. The van der Waals surface area contributed by atoms with E-state index in [0.29, 0.717) is 26.1 Å². The molecule has 2 aromatic carbocycles. The second-order valence-electron chi connectivity index (χ2n) is 7.05. The Labute approximate surface area is 170 Å². The van der Waals surface area contributed by atoms with Gasteiger partial charge in [0, 0.05) is 51.5 Å². The topological polar surface area (TPSA) is 64.7 Å². The fraction of sp³-hybridized carbons (Fsp3) is 0.364. The molecule has 2 amide bonds. The molecule has 0 spiro atoms. The van der Waals surface area contributed by atoms with Gasteiger partial charge in [-0.15, -0.1) is 0 Å². The lowest BCUT2D eigenvalue weighted by molar-refractivity contribution is -0.139. The molecule has 1 saturated heterocycles. The lowest BCUT2D eigenvalue weighted by Crippen LogP contribution is -2.49. The number of hydrogen-bond acceptors (Lipinski definition) is 4. The highest BCUT2D eigenvalue weighted by molar-refractivity contribution is 6.35. The van der Waals surface area contributed by atoms with Gasteiger partial charge in [0.2, 0.25) is 0 Å². The molecule has 0 atom stereocenters. The van der Waals surface area contributed by atoms with Gasteiger partial charge in [-0.25, -0.2) is 4.39 Å². The van der Waals surface area contributed by atoms with Crippen molar-refractivity contribution in [1.29, 1.82) is 0 Å². The molecule has 6 nitrogen and oxygen atoms in total. The number of benzene rings is 2. The summed E-state index contributed by atoms with van der Waals surface area (Å²) in [6, 6.07) is 16.3. The Bertz CT molecular complexity index is 790. The molecule has 2 N–H and O–H groups in total. The Morgan fingerprint density at radius 2 is 1.45 bits per heavy atom. The van der Waals surface area contributed by atoms with Crippen molar-refractivity contribution in [2.75, 3.05) is 50.7 Å². The van der Waals surface area contributed by atoms with E-state index in [4.69, 9.17) is 0 Å². The fourth-order valence-electron chi connectivity index (χ4n) is 3.33. The maximum absolute atomic E-state index is 13.0. The second-order valence-corrected chi connectivity index (χ2v) is 7.05. The molecule has 154 valence electrons. The number of carbonyl (C=O) groups excluding carboxylic acids is 2. The molecule has 3 rings (SSSR count). The van der Waals surface area contributed by atoms with Gasteiger partial charge in [0.05, 0.1) is 0 Å². The van der Waals surface area contributed by atoms with E-state index in [2.05, 4.69) is 20.4 Å². The van der Waals surface area contributed by atoms with Crippen LogP contribution in [-0.2, 0) is 16.0 Å². The summed E-state index contributed by atoms with van der Waals surface area (Å²) in [7, 11) is 0. The molecule has 0 radical (unpaired) electrons. The fourth-order valence-corrected chi connectivity index (χ4v) is 3.33. The van der Waals surface area contributed by atoms with Crippen LogP contribution in [0.2, 0.25) is 0 Å². The van der Waals surface area contributed by atoms with Crippen LogP contribution < -0.4 is 15.5 Å². The number of hydrogen-bond donors (Lipinski definition) is 2. The van der Waals surface area contributed by atoms with Crippen LogP contribution in [0, 0.1) is 5.82 Å². The van der Waals surface area contributed by atoms with Crippen molar-refractivity contribution >= 4 is 17.5 Å². The molecule has 7 heteroatoms. The smallest absolute Gasteiger partial charge is 0.309 e. The summed E-state index contributed by atoms with van der Waals surface area (Å²) in [4.78, 5) is 28.2. The van der Waals surface area contributed by atoms with Crippen LogP contribution in [0.5, 0.6) is 0 Å². The Morgan fingerprint density at radius 3 is 2.10 bits per heavy atom. The van der Waals surface area contributed by atoms with Crippen LogP contribution in [-0.4, -0.2) is 62.5 Å². The first-order chi connectivity index (χ1) is 14.1. The Kier molecular flexibility index (Phi) is 7.58. The maximum atomic E-state index is 13.0. The Morgan fingerprint density at radius 1 is 0.828 bits per heavy atom. The average Bonchev–Trinajstić information content (AvgIpc) is 2.75. The van der Waals surface area contributed by atoms with Gasteiger partial charge in [0.25, 0.3) is 0 Å². The zero-order chi connectivity index (χ0) is 20.5. The highest BCUT2D eigenvalue weighted by Gasteiger charge is 2.18. The molecule has 0 aromatic heterocycles. The molecular formula is C22H27FN4O2. The van der Waals surface area contributed by atoms with Gasteiger partial charge < -0.3 is 15.5 Å². The summed E-state index contributed by atoms with van der Waals surface area (Å²) in [5.41, 5.74) is 2.14. The van der Waals surface area contributed by atoms with Crippen molar-refractivity contribution in [3.05, 3.63) is 66.0 Å². The zero-order valence-electron chi connectivity index (χ0n) is 16.4. The maximum Gasteiger partial charge on any atom is 0.309 e. The normalized spacial score (nSPS) is 14.4. The SMILES string of the molecule is O=C(NCCc1ccccc1)C(=O)NCCN1CCN(c2ccc(F)cc2)CC1. The first-order valence-electron chi connectivity index (χ1n) is 9.94. The monoisotopic (exact) mass is 398 g/mol. The largest absolute Gasteiger partial charge is 0.369 e. The van der Waals surface area contributed by atoms with E-state index >= 15 is 0 Å². The number of amides is 2. The van der Waals surface area contributed by atoms with E-state index in [0.717, 1.165) is 37.4 Å². The van der Waals surface area contributed by atoms with E-state index < -0.39 is 11.8 Å². The molecule has 1 aliphatic heterocycles. The van der Waals surface area contributed by atoms with Crippen LogP contribution in [0.1, 0.15) is 5.56 Å². The third kappa shape index (κ3) is 6.57. The van der Waals surface area contributed by atoms with Gasteiger partial charge in [-0.2, -0.15) is 0 Å². The van der Waals surface area contributed by atoms with E-state index in [1.54, 1.807) is 12.1 Å². The van der Waals surface area contributed by atoms with Gasteiger partial charge in [0.15, 0.2) is 0 Å². The standard InChI is InChI=1S/C22H27FN4O2/c23-19-6-8-20(9-7-19)27-16-14-26(15-17-27)13-12-25-22(29)21(28)24-11-10-18-4-2-1-3-5-18/h1-9H,10-17H2,(H,24,28)(H,25,29). The highest BCUT2D eigenvalue weighted by Crippen LogP contribution is 2.16. The van der Waals surface area contributed by atoms with E-state index in [-0.39, 0.29) is 5.82 Å². The first kappa shape index (κ1) is 20.8. The zero-order valence-corrected chi connectivity index (χ0v) is 16.4. The van der Waals surface area contributed by atoms with Crippen molar-refractivity contribution in [1.82, 2.24) is 15.5 Å². The van der Waals surface area contributed by atoms with Crippen molar-refractivity contribution in [3.8, 4) is 0 Å². The summed E-state index contributed by atoms with van der Waals surface area (Å²) in [5, 5.41) is 5.33. The van der Waals surface area contributed by atoms with Crippen LogP contribution in [0.15, 0.2) is 54.6 Å². The predicted octanol–water partition coefficient (Wildman–Crippen LogP) is 1.42. The van der Waals surface area contributed by atoms with Crippen LogP contribution in [0.25, 0.3) is 0 Å². The molecule has 29 heavy (non-hydrogen) atoms. The van der Waals surface area contributed by atoms with Crippen molar-refractivity contribution < 1.29 is 14.0 Å². The molecular weight excluding hydrogens is 371 g/mol. The van der Waals surface area contributed by atoms with Crippen molar-refractivity contribution in [3.63, 3.8) is 0 Å². The highest BCUT2D eigenvalue weighted by atomic mass is 19.1. The molecule has 0 unspecified atom stereocenters. The van der Waals surface area contributed by atoms with Crippen LogP contribution in [0.3, 0.4) is 0 Å². The summed E-state index contributed by atoms with van der Waals surface area (Å²) in [6.45, 7) is 4.97. The van der Waals surface area contributed by atoms with E-state index in [1.165, 1.54) is 12.1 Å². The van der Waals surface area contributed by atoms with Crippen LogP contribution in [0.4, 0.5) is 10.1 Å². The quantitative estimate of drug-likeness (QED) is 0.693. The number of halogens is 1. The average molecular weight is 398 g/mol. The first-order valence-corrected chi connectivity index (χ1v) is 9.94. The molecule has 1 heterocycles. The van der Waals surface area contributed by atoms with Gasteiger partial charge in [-0.1, -0.05) is 30.3 Å². The molecule has 0 aliphatic carbocycles. The minimum atomic E-state index is -0.595. The summed E-state index contributed by atoms with van der Waals surface area (Å²) in [5.74, 6) is -1.42. The molecule has 0 saturated carbocycles. The van der Waals surface area contributed by atoms with Crippen molar-refractivity contribution in [2.24, 2.45) is 0 Å².